The Morgan fingerprint density at radius 2 is 2.09 bits per heavy atom. The van der Waals surface area contributed by atoms with E-state index in [0.29, 0.717) is 19.6 Å². The third-order valence-electron chi connectivity index (χ3n) is 4.19. The van der Waals surface area contributed by atoms with Crippen molar-refractivity contribution in [2.45, 2.75) is 40.4 Å². The molecule has 3 rings (SSSR count). The number of rotatable bonds is 4. The Bertz CT molecular complexity index is 794. The molecule has 0 bridgehead atoms. The van der Waals surface area contributed by atoms with Crippen LogP contribution in [0.15, 0.2) is 12.4 Å². The molecule has 0 aromatic carbocycles. The Balaban J connectivity index is 1.89. The summed E-state index contributed by atoms with van der Waals surface area (Å²) in [6, 6.07) is 0. The molecule has 1 unspecified atom stereocenters. The standard InChI is InChI=1S/C14H22N6O2S/c1-4-23(21,22)19-8-13(7-18-6-5-15-14(18)10-19)9-20-12(3)16-11(2)17-20/h5-6,13H,4,7-10H2,1-3H3. The van der Waals surface area contributed by atoms with Gasteiger partial charge in [-0.05, 0) is 20.8 Å². The van der Waals surface area contributed by atoms with E-state index in [9.17, 15) is 8.42 Å². The molecule has 1 aliphatic heterocycles. The van der Waals surface area contributed by atoms with Gasteiger partial charge in [0.1, 0.15) is 17.5 Å². The van der Waals surface area contributed by atoms with Crippen molar-refractivity contribution in [1.29, 1.82) is 0 Å². The first kappa shape index (κ1) is 16.1. The molecule has 0 aliphatic carbocycles. The van der Waals surface area contributed by atoms with Crippen LogP contribution in [0, 0.1) is 19.8 Å². The topological polar surface area (TPSA) is 85.9 Å². The first-order valence-electron chi connectivity index (χ1n) is 7.75. The second kappa shape index (κ2) is 6.04. The SMILES string of the molecule is CCS(=O)(=O)N1Cc2nccn2CC(Cn2nc(C)nc2C)C1. The highest BCUT2D eigenvalue weighted by Crippen LogP contribution is 2.20. The number of hydrogen-bond donors (Lipinski definition) is 0. The number of imidazole rings is 1. The molecule has 2 aromatic heterocycles. The van der Waals surface area contributed by atoms with Gasteiger partial charge >= 0.3 is 0 Å². The molecule has 1 aliphatic rings. The number of fused-ring (bicyclic) bond motifs is 1. The predicted octanol–water partition coefficient (Wildman–Crippen LogP) is 0.573. The van der Waals surface area contributed by atoms with Gasteiger partial charge in [-0.3, -0.25) is 0 Å². The average molecular weight is 338 g/mol. The van der Waals surface area contributed by atoms with Crippen LogP contribution in [-0.2, 0) is 29.7 Å². The molecule has 2 aromatic rings. The fourth-order valence-electron chi connectivity index (χ4n) is 2.99. The van der Waals surface area contributed by atoms with E-state index in [0.717, 1.165) is 24.0 Å². The minimum absolute atomic E-state index is 0.0991. The molecule has 0 spiro atoms. The molecule has 0 amide bonds. The molecular formula is C14H22N6O2S. The monoisotopic (exact) mass is 338 g/mol. The zero-order valence-electron chi connectivity index (χ0n) is 13.7. The summed E-state index contributed by atoms with van der Waals surface area (Å²) < 4.78 is 30.2. The minimum atomic E-state index is -3.26. The molecule has 0 saturated carbocycles. The molecular weight excluding hydrogens is 316 g/mol. The molecule has 1 atom stereocenters. The smallest absolute Gasteiger partial charge is 0.214 e. The predicted molar refractivity (Wildman–Crippen MR) is 85.1 cm³/mol. The van der Waals surface area contributed by atoms with Crippen LogP contribution in [0.25, 0.3) is 0 Å². The summed E-state index contributed by atoms with van der Waals surface area (Å²) in [5, 5.41) is 4.40. The maximum Gasteiger partial charge on any atom is 0.214 e. The van der Waals surface area contributed by atoms with Crippen molar-refractivity contribution >= 4 is 10.0 Å². The molecule has 0 N–H and O–H groups in total. The summed E-state index contributed by atoms with van der Waals surface area (Å²) in [6.45, 7) is 7.61. The van der Waals surface area contributed by atoms with E-state index in [-0.39, 0.29) is 11.7 Å². The van der Waals surface area contributed by atoms with Gasteiger partial charge in [-0.1, -0.05) is 0 Å². The number of nitrogens with zero attached hydrogens (tertiary/aromatic N) is 6. The molecule has 9 heteroatoms. The van der Waals surface area contributed by atoms with Gasteiger partial charge in [0.15, 0.2) is 0 Å². The van der Waals surface area contributed by atoms with Gasteiger partial charge < -0.3 is 4.57 Å². The Morgan fingerprint density at radius 3 is 2.74 bits per heavy atom. The van der Waals surface area contributed by atoms with E-state index in [1.54, 1.807) is 17.4 Å². The highest BCUT2D eigenvalue weighted by Gasteiger charge is 2.29. The van der Waals surface area contributed by atoms with E-state index in [2.05, 4.69) is 15.1 Å². The molecule has 23 heavy (non-hydrogen) atoms. The highest BCUT2D eigenvalue weighted by molar-refractivity contribution is 7.89. The largest absolute Gasteiger partial charge is 0.333 e. The summed E-state index contributed by atoms with van der Waals surface area (Å²) in [7, 11) is -3.26. The molecule has 8 nitrogen and oxygen atoms in total. The molecule has 0 saturated heterocycles. The fraction of sp³-hybridized carbons (Fsp3) is 0.643. The van der Waals surface area contributed by atoms with E-state index in [1.807, 2.05) is 29.3 Å². The Kier molecular flexibility index (Phi) is 4.24. The van der Waals surface area contributed by atoms with E-state index in [1.165, 1.54) is 0 Å². The third-order valence-corrected chi connectivity index (χ3v) is 5.98. The van der Waals surface area contributed by atoms with Gasteiger partial charge in [-0.2, -0.15) is 9.40 Å². The summed E-state index contributed by atoms with van der Waals surface area (Å²) in [6.07, 6.45) is 3.63. The lowest BCUT2D eigenvalue weighted by Gasteiger charge is -2.23. The zero-order chi connectivity index (χ0) is 16.6. The van der Waals surface area contributed by atoms with Crippen LogP contribution < -0.4 is 0 Å². The summed E-state index contributed by atoms with van der Waals surface area (Å²) >= 11 is 0. The number of aryl methyl sites for hydroxylation is 2. The number of sulfonamides is 1. The molecule has 0 fully saturated rings. The van der Waals surface area contributed by atoms with Crippen molar-refractivity contribution < 1.29 is 8.42 Å². The maximum absolute atomic E-state index is 12.4. The summed E-state index contributed by atoms with van der Waals surface area (Å²) in [5.41, 5.74) is 0. The van der Waals surface area contributed by atoms with Gasteiger partial charge in [0.25, 0.3) is 0 Å². The van der Waals surface area contributed by atoms with E-state index < -0.39 is 10.0 Å². The summed E-state index contributed by atoms with van der Waals surface area (Å²) in [5.74, 6) is 2.59. The number of aromatic nitrogens is 5. The van der Waals surface area contributed by atoms with Gasteiger partial charge in [-0.25, -0.2) is 23.1 Å². The quantitative estimate of drug-likeness (QED) is 0.814. The van der Waals surface area contributed by atoms with Gasteiger partial charge in [0.05, 0.1) is 12.3 Å². The van der Waals surface area contributed by atoms with E-state index >= 15 is 0 Å². The van der Waals surface area contributed by atoms with Crippen LogP contribution in [0.4, 0.5) is 0 Å². The van der Waals surface area contributed by atoms with Crippen molar-refractivity contribution in [1.82, 2.24) is 28.6 Å². The normalized spacial score (nSPS) is 19.5. The van der Waals surface area contributed by atoms with Crippen molar-refractivity contribution in [3.05, 3.63) is 29.9 Å². The van der Waals surface area contributed by atoms with Crippen LogP contribution >= 0.6 is 0 Å². The van der Waals surface area contributed by atoms with Crippen LogP contribution in [-0.4, -0.2) is 49.3 Å². The highest BCUT2D eigenvalue weighted by atomic mass is 32.2. The van der Waals surface area contributed by atoms with Gasteiger partial charge in [0.2, 0.25) is 10.0 Å². The second-order valence-corrected chi connectivity index (χ2v) is 8.20. The van der Waals surface area contributed by atoms with Crippen LogP contribution in [0.2, 0.25) is 0 Å². The first-order chi connectivity index (χ1) is 10.9. The Labute approximate surface area is 136 Å². The van der Waals surface area contributed by atoms with Crippen molar-refractivity contribution in [3.8, 4) is 0 Å². The van der Waals surface area contributed by atoms with Crippen molar-refractivity contribution in [2.24, 2.45) is 5.92 Å². The minimum Gasteiger partial charge on any atom is -0.333 e. The van der Waals surface area contributed by atoms with Crippen LogP contribution in [0.5, 0.6) is 0 Å². The Hall–Kier alpha value is -1.74. The lowest BCUT2D eigenvalue weighted by molar-refractivity contribution is 0.300. The van der Waals surface area contributed by atoms with Crippen molar-refractivity contribution in [2.75, 3.05) is 12.3 Å². The molecule has 126 valence electrons. The van der Waals surface area contributed by atoms with Gasteiger partial charge in [-0.15, -0.1) is 0 Å². The maximum atomic E-state index is 12.4. The fourth-order valence-corrected chi connectivity index (χ4v) is 4.11. The lowest BCUT2D eigenvalue weighted by Crippen LogP contribution is -2.36. The molecule has 3 heterocycles. The third kappa shape index (κ3) is 3.30. The van der Waals surface area contributed by atoms with Gasteiger partial charge in [0, 0.05) is 37.9 Å². The van der Waals surface area contributed by atoms with E-state index in [4.69, 9.17) is 0 Å². The zero-order valence-corrected chi connectivity index (χ0v) is 14.5. The summed E-state index contributed by atoms with van der Waals surface area (Å²) in [4.78, 5) is 8.62. The first-order valence-corrected chi connectivity index (χ1v) is 9.36. The average Bonchev–Trinajstić information content (AvgIpc) is 3.00. The lowest BCUT2D eigenvalue weighted by atomic mass is 10.1. The number of hydrogen-bond acceptors (Lipinski definition) is 5. The van der Waals surface area contributed by atoms with Crippen molar-refractivity contribution in [3.63, 3.8) is 0 Å². The Morgan fingerprint density at radius 1 is 1.30 bits per heavy atom. The van der Waals surface area contributed by atoms with Crippen LogP contribution in [0.1, 0.15) is 24.4 Å². The second-order valence-electron chi connectivity index (χ2n) is 5.94. The van der Waals surface area contributed by atoms with Crippen LogP contribution in [0.3, 0.4) is 0 Å². The molecule has 0 radical (unpaired) electrons.